The van der Waals surface area contributed by atoms with Crippen LogP contribution in [0.1, 0.15) is 30.5 Å². The van der Waals surface area contributed by atoms with Gasteiger partial charge in [-0.3, -0.25) is 0 Å². The van der Waals surface area contributed by atoms with E-state index in [1.54, 1.807) is 0 Å². The Morgan fingerprint density at radius 3 is 2.33 bits per heavy atom. The third-order valence-corrected chi connectivity index (χ3v) is 2.39. The summed E-state index contributed by atoms with van der Waals surface area (Å²) >= 11 is 0. The van der Waals surface area contributed by atoms with Gasteiger partial charge >= 0.3 is 0 Å². The first kappa shape index (κ1) is 14.2. The van der Waals surface area contributed by atoms with Gasteiger partial charge in [-0.2, -0.15) is 0 Å². The molecule has 0 N–H and O–H groups in total. The molecule has 0 aliphatic carbocycles. The van der Waals surface area contributed by atoms with Crippen molar-refractivity contribution in [2.45, 2.75) is 34.3 Å². The van der Waals surface area contributed by atoms with Crippen LogP contribution in [-0.2, 0) is 6.61 Å². The van der Waals surface area contributed by atoms with Crippen LogP contribution in [0.15, 0.2) is 42.6 Å². The molecule has 0 fully saturated rings. The van der Waals surface area contributed by atoms with Gasteiger partial charge in [0.15, 0.2) is 0 Å². The maximum absolute atomic E-state index is 5.67. The summed E-state index contributed by atoms with van der Waals surface area (Å²) in [5.41, 5.74) is 3.39. The Balaban J connectivity index is 0.000000771. The third kappa shape index (κ3) is 4.21. The Bertz CT molecular complexity index is 466. The van der Waals surface area contributed by atoms with E-state index in [4.69, 9.17) is 4.74 Å². The molecule has 1 aromatic carbocycles. The minimum Gasteiger partial charge on any atom is -0.473 e. The molecule has 0 aliphatic rings. The Morgan fingerprint density at radius 1 is 1.06 bits per heavy atom. The largest absolute Gasteiger partial charge is 0.473 e. The maximum atomic E-state index is 5.67. The van der Waals surface area contributed by atoms with E-state index >= 15 is 0 Å². The Labute approximate surface area is 110 Å². The standard InChI is InChI=1S/C14H15NO.C2H6/c1-11-8-12(2)14(15-9-11)16-10-13-6-4-3-5-7-13;1-2/h3-9H,10H2,1-2H3;1-2H3. The molecule has 18 heavy (non-hydrogen) atoms. The highest BCUT2D eigenvalue weighted by atomic mass is 16.5. The van der Waals surface area contributed by atoms with Gasteiger partial charge in [-0.15, -0.1) is 0 Å². The lowest BCUT2D eigenvalue weighted by molar-refractivity contribution is 0.291. The second-order valence-corrected chi connectivity index (χ2v) is 3.91. The SMILES string of the molecule is CC.Cc1cnc(OCc2ccccc2)c(C)c1. The number of hydrogen-bond acceptors (Lipinski definition) is 2. The molecular weight excluding hydrogens is 222 g/mol. The van der Waals surface area contributed by atoms with Crippen LogP contribution >= 0.6 is 0 Å². The first-order valence-corrected chi connectivity index (χ1v) is 6.35. The van der Waals surface area contributed by atoms with Crippen molar-refractivity contribution in [3.05, 3.63) is 59.3 Å². The molecule has 2 heteroatoms. The fraction of sp³-hybridized carbons (Fsp3) is 0.312. The molecule has 0 bridgehead atoms. The Kier molecular flexibility index (Phi) is 5.92. The van der Waals surface area contributed by atoms with Crippen LogP contribution in [0.4, 0.5) is 0 Å². The zero-order valence-corrected chi connectivity index (χ0v) is 11.6. The van der Waals surface area contributed by atoms with Crippen LogP contribution in [0.25, 0.3) is 0 Å². The molecule has 1 aromatic heterocycles. The van der Waals surface area contributed by atoms with E-state index in [-0.39, 0.29) is 0 Å². The summed E-state index contributed by atoms with van der Waals surface area (Å²) in [6.07, 6.45) is 1.83. The lowest BCUT2D eigenvalue weighted by Gasteiger charge is -2.08. The second-order valence-electron chi connectivity index (χ2n) is 3.91. The van der Waals surface area contributed by atoms with Crippen LogP contribution in [0.5, 0.6) is 5.88 Å². The van der Waals surface area contributed by atoms with Gasteiger partial charge in [0, 0.05) is 11.8 Å². The summed E-state index contributed by atoms with van der Waals surface area (Å²) < 4.78 is 5.67. The number of nitrogens with zero attached hydrogens (tertiary/aromatic N) is 1. The average Bonchev–Trinajstić information content (AvgIpc) is 2.41. The van der Waals surface area contributed by atoms with Crippen molar-refractivity contribution < 1.29 is 4.74 Å². The summed E-state index contributed by atoms with van der Waals surface area (Å²) in [5, 5.41) is 0. The molecule has 2 nitrogen and oxygen atoms in total. The predicted molar refractivity (Wildman–Crippen MR) is 75.8 cm³/mol. The van der Waals surface area contributed by atoms with E-state index in [0.717, 1.165) is 22.6 Å². The summed E-state index contributed by atoms with van der Waals surface area (Å²) in [5.74, 6) is 0.717. The number of benzene rings is 1. The fourth-order valence-corrected chi connectivity index (χ4v) is 1.58. The molecule has 0 saturated heterocycles. The number of ether oxygens (including phenoxy) is 1. The van der Waals surface area contributed by atoms with Gasteiger partial charge in [-0.1, -0.05) is 44.2 Å². The van der Waals surface area contributed by atoms with E-state index in [0.29, 0.717) is 6.61 Å². The van der Waals surface area contributed by atoms with Gasteiger partial charge < -0.3 is 4.74 Å². The summed E-state index contributed by atoms with van der Waals surface area (Å²) in [6, 6.07) is 12.2. The Hall–Kier alpha value is -1.83. The summed E-state index contributed by atoms with van der Waals surface area (Å²) in [4.78, 5) is 4.27. The smallest absolute Gasteiger partial charge is 0.216 e. The highest BCUT2D eigenvalue weighted by Crippen LogP contribution is 2.16. The second kappa shape index (κ2) is 7.49. The first-order chi connectivity index (χ1) is 8.75. The normalized spacial score (nSPS) is 9.33. The van der Waals surface area contributed by atoms with E-state index in [9.17, 15) is 0 Å². The lowest BCUT2D eigenvalue weighted by Crippen LogP contribution is -1.99. The molecule has 0 atom stereocenters. The predicted octanol–water partition coefficient (Wildman–Crippen LogP) is 4.30. The molecule has 96 valence electrons. The topological polar surface area (TPSA) is 22.1 Å². The van der Waals surface area contributed by atoms with Gasteiger partial charge in [-0.05, 0) is 31.0 Å². The molecule has 2 rings (SSSR count). The lowest BCUT2D eigenvalue weighted by atomic mass is 10.2. The summed E-state index contributed by atoms with van der Waals surface area (Å²) in [6.45, 7) is 8.61. The molecule has 0 unspecified atom stereocenters. The summed E-state index contributed by atoms with van der Waals surface area (Å²) in [7, 11) is 0. The number of pyridine rings is 1. The minimum absolute atomic E-state index is 0.567. The van der Waals surface area contributed by atoms with Crippen molar-refractivity contribution in [2.24, 2.45) is 0 Å². The van der Waals surface area contributed by atoms with Crippen molar-refractivity contribution in [1.29, 1.82) is 0 Å². The van der Waals surface area contributed by atoms with Crippen molar-refractivity contribution in [2.75, 3.05) is 0 Å². The van der Waals surface area contributed by atoms with Crippen LogP contribution < -0.4 is 4.74 Å². The van der Waals surface area contributed by atoms with E-state index in [1.807, 2.05) is 64.2 Å². The van der Waals surface area contributed by atoms with Crippen LogP contribution in [0.2, 0.25) is 0 Å². The highest BCUT2D eigenvalue weighted by Gasteiger charge is 2.01. The van der Waals surface area contributed by atoms with Gasteiger partial charge in [0.1, 0.15) is 6.61 Å². The molecule has 1 heterocycles. The minimum atomic E-state index is 0.567. The van der Waals surface area contributed by atoms with Gasteiger partial charge in [-0.25, -0.2) is 4.98 Å². The average molecular weight is 243 g/mol. The maximum Gasteiger partial charge on any atom is 0.216 e. The molecule has 0 aliphatic heterocycles. The zero-order chi connectivity index (χ0) is 13.4. The fourth-order valence-electron chi connectivity index (χ4n) is 1.58. The zero-order valence-electron chi connectivity index (χ0n) is 11.6. The number of aromatic nitrogens is 1. The number of rotatable bonds is 3. The van der Waals surface area contributed by atoms with E-state index in [1.165, 1.54) is 0 Å². The van der Waals surface area contributed by atoms with Crippen molar-refractivity contribution in [3.63, 3.8) is 0 Å². The molecule has 0 spiro atoms. The van der Waals surface area contributed by atoms with E-state index < -0.39 is 0 Å². The van der Waals surface area contributed by atoms with Crippen LogP contribution in [-0.4, -0.2) is 4.98 Å². The van der Waals surface area contributed by atoms with Crippen molar-refractivity contribution in [3.8, 4) is 5.88 Å². The van der Waals surface area contributed by atoms with Gasteiger partial charge in [0.05, 0.1) is 0 Å². The molecule has 0 saturated carbocycles. The monoisotopic (exact) mass is 243 g/mol. The van der Waals surface area contributed by atoms with Gasteiger partial charge in [0.25, 0.3) is 0 Å². The van der Waals surface area contributed by atoms with Crippen LogP contribution in [0.3, 0.4) is 0 Å². The van der Waals surface area contributed by atoms with E-state index in [2.05, 4.69) is 11.1 Å². The molecule has 2 aromatic rings. The van der Waals surface area contributed by atoms with Crippen LogP contribution in [0, 0.1) is 13.8 Å². The van der Waals surface area contributed by atoms with Crippen molar-refractivity contribution in [1.82, 2.24) is 4.98 Å². The number of hydrogen-bond donors (Lipinski definition) is 0. The highest BCUT2D eigenvalue weighted by molar-refractivity contribution is 5.28. The molecule has 0 amide bonds. The first-order valence-electron chi connectivity index (χ1n) is 6.35. The van der Waals surface area contributed by atoms with Crippen molar-refractivity contribution >= 4 is 0 Å². The Morgan fingerprint density at radius 2 is 1.72 bits per heavy atom. The number of aryl methyl sites for hydroxylation is 2. The quantitative estimate of drug-likeness (QED) is 0.801. The molecular formula is C16H21NO. The molecule has 0 radical (unpaired) electrons. The third-order valence-electron chi connectivity index (χ3n) is 2.39. The van der Waals surface area contributed by atoms with Gasteiger partial charge in [0.2, 0.25) is 5.88 Å².